The number of aliphatic carboxylic acids is 1. The van der Waals surface area contributed by atoms with E-state index in [4.69, 9.17) is 5.11 Å². The van der Waals surface area contributed by atoms with E-state index >= 15 is 0 Å². The van der Waals surface area contributed by atoms with Crippen molar-refractivity contribution >= 4 is 34.3 Å². The Balaban J connectivity index is 0.00000242. The zero-order valence-corrected chi connectivity index (χ0v) is 14.9. The Morgan fingerprint density at radius 3 is 2.64 bits per heavy atom. The molecule has 1 aliphatic rings. The zero-order valence-electron chi connectivity index (χ0n) is 12.5. The van der Waals surface area contributed by atoms with Crippen LogP contribution in [-0.4, -0.2) is 53.6 Å². The van der Waals surface area contributed by atoms with Gasteiger partial charge in [-0.2, -0.15) is 0 Å². The van der Waals surface area contributed by atoms with Gasteiger partial charge in [0, 0.05) is 12.6 Å². The first-order chi connectivity index (χ1) is 9.95. The van der Waals surface area contributed by atoms with Gasteiger partial charge in [0.1, 0.15) is 5.82 Å². The van der Waals surface area contributed by atoms with Crippen molar-refractivity contribution in [2.75, 3.05) is 26.7 Å². The second kappa shape index (κ2) is 8.82. The highest BCUT2D eigenvalue weighted by Crippen LogP contribution is 2.21. The molecule has 0 radical (unpaired) electrons. The molecule has 124 valence electrons. The molecule has 1 saturated heterocycles. The lowest BCUT2D eigenvalue weighted by atomic mass is 10.0. The molecule has 1 heterocycles. The number of likely N-dealkylation sites (tertiary alicyclic amines) is 1. The van der Waals surface area contributed by atoms with Gasteiger partial charge in [0.25, 0.3) is 0 Å². The lowest BCUT2D eigenvalue weighted by molar-refractivity contribution is -0.138. The number of carbonyl (C=O) groups is 1. The fourth-order valence-electron chi connectivity index (χ4n) is 2.76. The van der Waals surface area contributed by atoms with Crippen LogP contribution in [0.5, 0.6) is 0 Å². The average molecular weight is 396 g/mol. The van der Waals surface area contributed by atoms with E-state index in [0.717, 1.165) is 38.0 Å². The highest BCUT2D eigenvalue weighted by Gasteiger charge is 2.23. The van der Waals surface area contributed by atoms with E-state index in [2.05, 4.69) is 20.8 Å². The van der Waals surface area contributed by atoms with E-state index < -0.39 is 5.97 Å². The first-order valence-corrected chi connectivity index (χ1v) is 7.83. The highest BCUT2D eigenvalue weighted by molar-refractivity contribution is 9.10. The van der Waals surface area contributed by atoms with Crippen molar-refractivity contribution in [1.29, 1.82) is 0 Å². The minimum Gasteiger partial charge on any atom is -0.480 e. The van der Waals surface area contributed by atoms with Crippen molar-refractivity contribution in [2.45, 2.75) is 25.4 Å². The molecule has 2 rings (SSSR count). The summed E-state index contributed by atoms with van der Waals surface area (Å²) in [6.45, 7) is 2.76. The van der Waals surface area contributed by atoms with Gasteiger partial charge in [-0.25, -0.2) is 4.39 Å². The van der Waals surface area contributed by atoms with E-state index in [0.29, 0.717) is 10.5 Å². The Kier molecular flexibility index (Phi) is 7.76. The number of rotatable bonds is 5. The van der Waals surface area contributed by atoms with Crippen LogP contribution in [-0.2, 0) is 11.3 Å². The summed E-state index contributed by atoms with van der Waals surface area (Å²) in [5, 5.41) is 8.82. The highest BCUT2D eigenvalue weighted by atomic mass is 79.9. The zero-order chi connectivity index (χ0) is 15.4. The molecule has 0 atom stereocenters. The SMILES string of the molecule is CN(CC(=O)O)C1CCN(Cc2ccc(F)c(Br)c2)CC1.Cl. The molecular formula is C15H21BrClFN2O2. The molecule has 0 saturated carbocycles. The Bertz CT molecular complexity index is 510. The molecule has 4 nitrogen and oxygen atoms in total. The summed E-state index contributed by atoms with van der Waals surface area (Å²) in [6, 6.07) is 5.44. The molecule has 0 amide bonds. The van der Waals surface area contributed by atoms with Gasteiger partial charge >= 0.3 is 5.97 Å². The van der Waals surface area contributed by atoms with Crippen LogP contribution in [0.3, 0.4) is 0 Å². The fraction of sp³-hybridized carbons (Fsp3) is 0.533. The number of carboxylic acids is 1. The van der Waals surface area contributed by atoms with Gasteiger partial charge in [-0.1, -0.05) is 6.07 Å². The van der Waals surface area contributed by atoms with Crippen LogP contribution in [0.15, 0.2) is 22.7 Å². The van der Waals surface area contributed by atoms with E-state index in [1.54, 1.807) is 0 Å². The van der Waals surface area contributed by atoms with Gasteiger partial charge < -0.3 is 5.11 Å². The number of carboxylic acid groups (broad SMARTS) is 1. The van der Waals surface area contributed by atoms with Crippen molar-refractivity contribution in [3.8, 4) is 0 Å². The molecule has 1 N–H and O–H groups in total. The van der Waals surface area contributed by atoms with Crippen LogP contribution in [0, 0.1) is 5.82 Å². The molecular weight excluding hydrogens is 375 g/mol. The molecule has 22 heavy (non-hydrogen) atoms. The molecule has 1 aliphatic heterocycles. The number of halogens is 3. The standard InChI is InChI=1S/C15H20BrFN2O2.ClH/c1-18(10-15(20)21)12-4-6-19(7-5-12)9-11-2-3-14(17)13(16)8-11;/h2-3,8,12H,4-7,9-10H2,1H3,(H,20,21);1H. The van der Waals surface area contributed by atoms with Gasteiger partial charge in [0.2, 0.25) is 0 Å². The second-order valence-electron chi connectivity index (χ2n) is 5.56. The van der Waals surface area contributed by atoms with Gasteiger partial charge in [-0.3, -0.25) is 14.6 Å². The second-order valence-corrected chi connectivity index (χ2v) is 6.42. The maximum atomic E-state index is 13.2. The average Bonchev–Trinajstić information content (AvgIpc) is 2.43. The smallest absolute Gasteiger partial charge is 0.317 e. The van der Waals surface area contributed by atoms with Gasteiger partial charge in [0.15, 0.2) is 0 Å². The van der Waals surface area contributed by atoms with Gasteiger partial charge in [0.05, 0.1) is 11.0 Å². The Morgan fingerprint density at radius 2 is 2.09 bits per heavy atom. The summed E-state index contributed by atoms with van der Waals surface area (Å²) in [5.41, 5.74) is 1.08. The summed E-state index contributed by atoms with van der Waals surface area (Å²) in [6.07, 6.45) is 1.93. The van der Waals surface area contributed by atoms with E-state index in [-0.39, 0.29) is 24.8 Å². The first kappa shape index (κ1) is 19.4. The third kappa shape index (κ3) is 5.50. The summed E-state index contributed by atoms with van der Waals surface area (Å²) in [4.78, 5) is 15.0. The van der Waals surface area contributed by atoms with Crippen molar-refractivity contribution in [3.63, 3.8) is 0 Å². The summed E-state index contributed by atoms with van der Waals surface area (Å²) < 4.78 is 13.7. The van der Waals surface area contributed by atoms with Crippen molar-refractivity contribution in [1.82, 2.24) is 9.80 Å². The summed E-state index contributed by atoms with van der Waals surface area (Å²) in [5.74, 6) is -1.02. The minimum absolute atomic E-state index is 0. The predicted molar refractivity (Wildman–Crippen MR) is 89.9 cm³/mol. The molecule has 0 bridgehead atoms. The van der Waals surface area contributed by atoms with E-state index in [1.165, 1.54) is 6.07 Å². The topological polar surface area (TPSA) is 43.8 Å². The first-order valence-electron chi connectivity index (χ1n) is 7.04. The van der Waals surface area contributed by atoms with Gasteiger partial charge in [-0.15, -0.1) is 12.4 Å². The number of likely N-dealkylation sites (N-methyl/N-ethyl adjacent to an activating group) is 1. The summed E-state index contributed by atoms with van der Waals surface area (Å²) >= 11 is 3.21. The normalized spacial score (nSPS) is 16.5. The predicted octanol–water partition coefficient (Wildman–Crippen LogP) is 2.99. The molecule has 0 spiro atoms. The van der Waals surface area contributed by atoms with E-state index in [9.17, 15) is 9.18 Å². The lowest BCUT2D eigenvalue weighted by Gasteiger charge is -2.36. The number of hydrogen-bond donors (Lipinski definition) is 1. The third-order valence-corrected chi connectivity index (χ3v) is 4.56. The largest absolute Gasteiger partial charge is 0.480 e. The molecule has 1 aromatic carbocycles. The third-order valence-electron chi connectivity index (χ3n) is 3.96. The van der Waals surface area contributed by atoms with Crippen molar-refractivity contribution < 1.29 is 14.3 Å². The quantitative estimate of drug-likeness (QED) is 0.832. The molecule has 7 heteroatoms. The molecule has 0 unspecified atom stereocenters. The van der Waals surface area contributed by atoms with Crippen LogP contribution in [0.25, 0.3) is 0 Å². The Morgan fingerprint density at radius 1 is 1.45 bits per heavy atom. The molecule has 0 aliphatic carbocycles. The van der Waals surface area contributed by atoms with Crippen LogP contribution >= 0.6 is 28.3 Å². The summed E-state index contributed by atoms with van der Waals surface area (Å²) in [7, 11) is 1.87. The molecule has 1 fully saturated rings. The lowest BCUT2D eigenvalue weighted by Crippen LogP contribution is -2.44. The monoisotopic (exact) mass is 394 g/mol. The van der Waals surface area contributed by atoms with Crippen LogP contribution < -0.4 is 0 Å². The Hall–Kier alpha value is -0.690. The molecule has 1 aromatic rings. The van der Waals surface area contributed by atoms with Crippen LogP contribution in [0.1, 0.15) is 18.4 Å². The molecule has 0 aromatic heterocycles. The fourth-order valence-corrected chi connectivity index (χ4v) is 3.18. The Labute approximate surface area is 144 Å². The number of hydrogen-bond acceptors (Lipinski definition) is 3. The van der Waals surface area contributed by atoms with Crippen LogP contribution in [0.2, 0.25) is 0 Å². The number of piperidine rings is 1. The van der Waals surface area contributed by atoms with Gasteiger partial charge in [-0.05, 0) is 66.6 Å². The maximum absolute atomic E-state index is 13.2. The van der Waals surface area contributed by atoms with Crippen molar-refractivity contribution in [3.05, 3.63) is 34.1 Å². The minimum atomic E-state index is -0.781. The maximum Gasteiger partial charge on any atom is 0.317 e. The van der Waals surface area contributed by atoms with Crippen LogP contribution in [0.4, 0.5) is 4.39 Å². The van der Waals surface area contributed by atoms with E-state index in [1.807, 2.05) is 24.1 Å². The number of nitrogens with zero attached hydrogens (tertiary/aromatic N) is 2. The van der Waals surface area contributed by atoms with Crippen molar-refractivity contribution in [2.24, 2.45) is 0 Å². The number of benzene rings is 1.